The Morgan fingerprint density at radius 3 is 2.76 bits per heavy atom. The van der Waals surface area contributed by atoms with Crippen molar-refractivity contribution in [1.82, 2.24) is 19.7 Å². The van der Waals surface area contributed by atoms with E-state index in [1.165, 1.54) is 0 Å². The normalized spacial score (nSPS) is 19.9. The number of carbonyl (C=O) groups is 1. The smallest absolute Gasteiger partial charge is 0.410 e. The van der Waals surface area contributed by atoms with Crippen molar-refractivity contribution in [1.29, 1.82) is 0 Å². The molecule has 6 nitrogen and oxygen atoms in total. The Morgan fingerprint density at radius 1 is 1.43 bits per heavy atom. The van der Waals surface area contributed by atoms with Crippen molar-refractivity contribution in [2.24, 2.45) is 0 Å². The molecule has 1 aromatic rings. The first-order valence-electron chi connectivity index (χ1n) is 7.65. The average Bonchev–Trinajstić information content (AvgIpc) is 2.86. The van der Waals surface area contributed by atoms with E-state index >= 15 is 0 Å². The molecule has 2 heterocycles. The first kappa shape index (κ1) is 15.8. The van der Waals surface area contributed by atoms with E-state index < -0.39 is 5.60 Å². The van der Waals surface area contributed by atoms with Crippen LogP contribution in [-0.4, -0.2) is 44.4 Å². The molecule has 1 fully saturated rings. The van der Waals surface area contributed by atoms with Gasteiger partial charge in [0.15, 0.2) is 0 Å². The molecular formula is C15H26N4O2. The van der Waals surface area contributed by atoms with Gasteiger partial charge in [0.05, 0.1) is 0 Å². The lowest BCUT2D eigenvalue weighted by molar-refractivity contribution is 0.0194. The molecule has 118 valence electrons. The SMILES string of the molecule is CC(C)n1cnnc1C1CCCN(C(=O)OC(C)(C)C)C1. The first-order chi connectivity index (χ1) is 9.78. The van der Waals surface area contributed by atoms with E-state index in [-0.39, 0.29) is 12.0 Å². The molecule has 1 amide bonds. The van der Waals surface area contributed by atoms with E-state index in [0.717, 1.165) is 25.2 Å². The molecule has 1 unspecified atom stereocenters. The third-order valence-corrected chi connectivity index (χ3v) is 3.60. The number of aromatic nitrogens is 3. The summed E-state index contributed by atoms with van der Waals surface area (Å²) in [4.78, 5) is 14.0. The highest BCUT2D eigenvalue weighted by molar-refractivity contribution is 5.68. The van der Waals surface area contributed by atoms with Crippen LogP contribution in [0.5, 0.6) is 0 Å². The summed E-state index contributed by atoms with van der Waals surface area (Å²) in [5, 5.41) is 8.29. The second-order valence-corrected chi connectivity index (χ2v) is 6.96. The third kappa shape index (κ3) is 3.95. The fourth-order valence-electron chi connectivity index (χ4n) is 2.62. The number of amides is 1. The lowest BCUT2D eigenvalue weighted by Gasteiger charge is -2.34. The molecule has 0 spiro atoms. The highest BCUT2D eigenvalue weighted by atomic mass is 16.6. The summed E-state index contributed by atoms with van der Waals surface area (Å²) >= 11 is 0. The lowest BCUT2D eigenvalue weighted by atomic mass is 9.97. The maximum Gasteiger partial charge on any atom is 0.410 e. The number of likely N-dealkylation sites (tertiary alicyclic amines) is 1. The van der Waals surface area contributed by atoms with Gasteiger partial charge in [-0.05, 0) is 47.5 Å². The monoisotopic (exact) mass is 294 g/mol. The van der Waals surface area contributed by atoms with Crippen molar-refractivity contribution in [3.63, 3.8) is 0 Å². The predicted molar refractivity (Wildman–Crippen MR) is 80.2 cm³/mol. The van der Waals surface area contributed by atoms with Gasteiger partial charge in [-0.25, -0.2) is 4.79 Å². The van der Waals surface area contributed by atoms with Crippen LogP contribution in [-0.2, 0) is 4.74 Å². The summed E-state index contributed by atoms with van der Waals surface area (Å²) in [5.74, 6) is 1.20. The summed E-state index contributed by atoms with van der Waals surface area (Å²) in [6.45, 7) is 11.3. The van der Waals surface area contributed by atoms with E-state index in [2.05, 4.69) is 28.6 Å². The maximum absolute atomic E-state index is 12.2. The van der Waals surface area contributed by atoms with Gasteiger partial charge in [-0.3, -0.25) is 0 Å². The number of ether oxygens (including phenoxy) is 1. The second kappa shape index (κ2) is 6.03. The number of nitrogens with zero attached hydrogens (tertiary/aromatic N) is 4. The third-order valence-electron chi connectivity index (χ3n) is 3.60. The zero-order chi connectivity index (χ0) is 15.6. The molecule has 0 radical (unpaired) electrons. The van der Waals surface area contributed by atoms with Crippen molar-refractivity contribution in [2.45, 2.75) is 65.0 Å². The minimum absolute atomic E-state index is 0.233. The van der Waals surface area contributed by atoms with E-state index in [4.69, 9.17) is 4.74 Å². The van der Waals surface area contributed by atoms with Crippen LogP contribution in [0.15, 0.2) is 6.33 Å². The lowest BCUT2D eigenvalue weighted by Crippen LogP contribution is -2.42. The molecule has 1 aromatic heterocycles. The van der Waals surface area contributed by atoms with Crippen LogP contribution in [0, 0.1) is 0 Å². The first-order valence-corrected chi connectivity index (χ1v) is 7.65. The van der Waals surface area contributed by atoms with Crippen LogP contribution in [0.1, 0.15) is 65.2 Å². The molecule has 2 rings (SSSR count). The molecule has 1 aliphatic heterocycles. The highest BCUT2D eigenvalue weighted by Crippen LogP contribution is 2.27. The number of piperidine rings is 1. The van der Waals surface area contributed by atoms with Crippen molar-refractivity contribution < 1.29 is 9.53 Å². The fraction of sp³-hybridized carbons (Fsp3) is 0.800. The molecular weight excluding hydrogens is 268 g/mol. The molecule has 1 saturated heterocycles. The number of carbonyl (C=O) groups excluding carboxylic acids is 1. The van der Waals surface area contributed by atoms with Crippen LogP contribution in [0.4, 0.5) is 4.79 Å². The molecule has 1 aliphatic rings. The van der Waals surface area contributed by atoms with Gasteiger partial charge in [0, 0.05) is 25.0 Å². The molecule has 0 N–H and O–H groups in total. The molecule has 1 atom stereocenters. The molecule has 0 aliphatic carbocycles. The van der Waals surface area contributed by atoms with Gasteiger partial charge in [0.2, 0.25) is 0 Å². The number of hydrogen-bond donors (Lipinski definition) is 0. The zero-order valence-electron chi connectivity index (χ0n) is 13.7. The van der Waals surface area contributed by atoms with Crippen molar-refractivity contribution in [2.75, 3.05) is 13.1 Å². The summed E-state index contributed by atoms with van der Waals surface area (Å²) in [5.41, 5.74) is -0.456. The van der Waals surface area contributed by atoms with Gasteiger partial charge in [-0.2, -0.15) is 0 Å². The summed E-state index contributed by atoms with van der Waals surface area (Å²) < 4.78 is 7.55. The minimum Gasteiger partial charge on any atom is -0.444 e. The zero-order valence-corrected chi connectivity index (χ0v) is 13.7. The average molecular weight is 294 g/mol. The van der Waals surface area contributed by atoms with Crippen LogP contribution >= 0.6 is 0 Å². The fourth-order valence-corrected chi connectivity index (χ4v) is 2.62. The van der Waals surface area contributed by atoms with Gasteiger partial charge in [0.1, 0.15) is 17.8 Å². The summed E-state index contributed by atoms with van der Waals surface area (Å²) in [6, 6.07) is 0.326. The molecule has 0 bridgehead atoms. The van der Waals surface area contributed by atoms with E-state index in [1.54, 1.807) is 11.2 Å². The van der Waals surface area contributed by atoms with E-state index in [1.807, 2.05) is 20.8 Å². The van der Waals surface area contributed by atoms with Crippen molar-refractivity contribution in [3.05, 3.63) is 12.2 Å². The van der Waals surface area contributed by atoms with Crippen LogP contribution in [0.3, 0.4) is 0 Å². The van der Waals surface area contributed by atoms with Gasteiger partial charge < -0.3 is 14.2 Å². The Bertz CT molecular complexity index is 490. The van der Waals surface area contributed by atoms with Crippen LogP contribution in [0.2, 0.25) is 0 Å². The molecule has 6 heteroatoms. The van der Waals surface area contributed by atoms with Gasteiger partial charge in [0.25, 0.3) is 0 Å². The van der Waals surface area contributed by atoms with Crippen LogP contribution in [0.25, 0.3) is 0 Å². The number of hydrogen-bond acceptors (Lipinski definition) is 4. The predicted octanol–water partition coefficient (Wildman–Crippen LogP) is 2.97. The Morgan fingerprint density at radius 2 is 2.14 bits per heavy atom. The second-order valence-electron chi connectivity index (χ2n) is 6.96. The topological polar surface area (TPSA) is 60.2 Å². The largest absolute Gasteiger partial charge is 0.444 e. The molecule has 0 saturated carbocycles. The van der Waals surface area contributed by atoms with E-state index in [9.17, 15) is 4.79 Å². The summed E-state index contributed by atoms with van der Waals surface area (Å²) in [6.07, 6.45) is 3.54. The Balaban J connectivity index is 2.07. The molecule has 21 heavy (non-hydrogen) atoms. The summed E-state index contributed by atoms with van der Waals surface area (Å²) in [7, 11) is 0. The number of rotatable bonds is 2. The van der Waals surface area contributed by atoms with Gasteiger partial charge in [-0.15, -0.1) is 10.2 Å². The quantitative estimate of drug-likeness (QED) is 0.841. The maximum atomic E-state index is 12.2. The van der Waals surface area contributed by atoms with Gasteiger partial charge >= 0.3 is 6.09 Å². The van der Waals surface area contributed by atoms with E-state index in [0.29, 0.717) is 12.6 Å². The van der Waals surface area contributed by atoms with Crippen molar-refractivity contribution in [3.8, 4) is 0 Å². The van der Waals surface area contributed by atoms with Crippen molar-refractivity contribution >= 4 is 6.09 Å². The Kier molecular flexibility index (Phi) is 4.54. The Labute approximate surface area is 126 Å². The highest BCUT2D eigenvalue weighted by Gasteiger charge is 2.30. The standard InChI is InChI=1S/C15H26N4O2/c1-11(2)19-10-16-17-13(19)12-7-6-8-18(9-12)14(20)21-15(3,4)5/h10-12H,6-9H2,1-5H3. The Hall–Kier alpha value is -1.59. The van der Waals surface area contributed by atoms with Gasteiger partial charge in [-0.1, -0.05) is 0 Å². The van der Waals surface area contributed by atoms with Crippen LogP contribution < -0.4 is 0 Å². The molecule has 0 aromatic carbocycles. The minimum atomic E-state index is -0.456.